The van der Waals surface area contributed by atoms with Crippen LogP contribution in [0.4, 0.5) is 0 Å². The highest BCUT2D eigenvalue weighted by Gasteiger charge is 2.28. The number of aryl methyl sites for hydroxylation is 1. The van der Waals surface area contributed by atoms with E-state index < -0.39 is 0 Å². The average molecular weight is 370 g/mol. The average Bonchev–Trinajstić information content (AvgIpc) is 3.06. The molecule has 0 aliphatic heterocycles. The molecule has 6 nitrogen and oxygen atoms in total. The van der Waals surface area contributed by atoms with Crippen LogP contribution in [0.25, 0.3) is 11.6 Å². The molecule has 1 aliphatic rings. The fourth-order valence-corrected chi connectivity index (χ4v) is 4.32. The Morgan fingerprint density at radius 3 is 2.81 bits per heavy atom. The molecule has 7 heteroatoms. The van der Waals surface area contributed by atoms with Gasteiger partial charge in [0.1, 0.15) is 0 Å². The molecule has 1 aliphatic carbocycles. The molecule has 1 saturated carbocycles. The van der Waals surface area contributed by atoms with Crippen LogP contribution in [0.1, 0.15) is 47.6 Å². The first kappa shape index (κ1) is 17.1. The standard InChI is InChI=1S/C19H22N4O2S/c1-4-22-18(17-6-5-9-25-17)20-21-19(22)26-11-16(24)15-10-12(2)23(13(15)3)14-7-8-14/h5-6,9-10,14H,4,7-8,11H2,1-3H3. The van der Waals surface area contributed by atoms with Crippen molar-refractivity contribution in [1.82, 2.24) is 19.3 Å². The van der Waals surface area contributed by atoms with Crippen LogP contribution in [0, 0.1) is 13.8 Å². The molecule has 136 valence electrons. The summed E-state index contributed by atoms with van der Waals surface area (Å²) >= 11 is 1.43. The van der Waals surface area contributed by atoms with Gasteiger partial charge in [-0.25, -0.2) is 0 Å². The van der Waals surface area contributed by atoms with Crippen LogP contribution in [0.5, 0.6) is 0 Å². The van der Waals surface area contributed by atoms with E-state index in [-0.39, 0.29) is 5.78 Å². The Balaban J connectivity index is 1.51. The third kappa shape index (κ3) is 3.00. The molecule has 0 amide bonds. The van der Waals surface area contributed by atoms with Gasteiger partial charge >= 0.3 is 0 Å². The SMILES string of the molecule is CCn1c(SCC(=O)c2cc(C)n(C3CC3)c2C)nnc1-c1ccco1. The van der Waals surface area contributed by atoms with E-state index in [1.165, 1.54) is 30.3 Å². The Hall–Kier alpha value is -2.28. The van der Waals surface area contributed by atoms with Gasteiger partial charge in [-0.15, -0.1) is 10.2 Å². The van der Waals surface area contributed by atoms with E-state index in [4.69, 9.17) is 4.42 Å². The molecule has 0 saturated heterocycles. The second-order valence-corrected chi connectivity index (χ2v) is 7.57. The number of carbonyl (C=O) groups excluding carboxylic acids is 1. The number of ketones is 1. The molecule has 26 heavy (non-hydrogen) atoms. The minimum absolute atomic E-state index is 0.139. The van der Waals surface area contributed by atoms with E-state index in [0.29, 0.717) is 23.4 Å². The van der Waals surface area contributed by atoms with Crippen molar-refractivity contribution in [2.75, 3.05) is 5.75 Å². The van der Waals surface area contributed by atoms with Gasteiger partial charge < -0.3 is 8.98 Å². The van der Waals surface area contributed by atoms with Gasteiger partial charge in [0.25, 0.3) is 0 Å². The smallest absolute Gasteiger partial charge is 0.200 e. The zero-order valence-corrected chi connectivity index (χ0v) is 16.0. The van der Waals surface area contributed by atoms with E-state index in [1.807, 2.05) is 36.6 Å². The normalized spacial score (nSPS) is 14.1. The lowest BCUT2D eigenvalue weighted by Crippen LogP contribution is -2.07. The van der Waals surface area contributed by atoms with Crippen molar-refractivity contribution < 1.29 is 9.21 Å². The van der Waals surface area contributed by atoms with Crippen molar-refractivity contribution in [2.24, 2.45) is 0 Å². The van der Waals surface area contributed by atoms with Gasteiger partial charge in [0.2, 0.25) is 0 Å². The molecule has 3 aromatic heterocycles. The molecular formula is C19H22N4O2S. The van der Waals surface area contributed by atoms with Gasteiger partial charge in [-0.2, -0.15) is 0 Å². The molecule has 0 aromatic carbocycles. The van der Waals surface area contributed by atoms with Crippen LogP contribution in [-0.4, -0.2) is 30.9 Å². The molecule has 0 radical (unpaired) electrons. The number of hydrogen-bond donors (Lipinski definition) is 0. The van der Waals surface area contributed by atoms with Crippen molar-refractivity contribution in [1.29, 1.82) is 0 Å². The molecule has 0 spiro atoms. The molecule has 0 atom stereocenters. The van der Waals surface area contributed by atoms with Crippen LogP contribution >= 0.6 is 11.8 Å². The summed E-state index contributed by atoms with van der Waals surface area (Å²) in [5.41, 5.74) is 3.09. The number of furan rings is 1. The number of rotatable bonds is 7. The number of Topliss-reactive ketones (excluding diaryl/α,β-unsaturated/α-hetero) is 1. The molecule has 0 N–H and O–H groups in total. The lowest BCUT2D eigenvalue weighted by molar-refractivity contribution is 0.102. The van der Waals surface area contributed by atoms with Gasteiger partial charge in [-0.3, -0.25) is 9.36 Å². The van der Waals surface area contributed by atoms with Crippen molar-refractivity contribution in [3.8, 4) is 11.6 Å². The number of thioether (sulfide) groups is 1. The van der Waals surface area contributed by atoms with E-state index in [2.05, 4.69) is 21.7 Å². The quantitative estimate of drug-likeness (QED) is 0.459. The molecule has 0 bridgehead atoms. The highest BCUT2D eigenvalue weighted by molar-refractivity contribution is 7.99. The predicted molar refractivity (Wildman–Crippen MR) is 101 cm³/mol. The van der Waals surface area contributed by atoms with Crippen LogP contribution in [0.3, 0.4) is 0 Å². The second kappa shape index (κ2) is 6.79. The maximum atomic E-state index is 12.8. The maximum Gasteiger partial charge on any atom is 0.200 e. The third-order valence-electron chi connectivity index (χ3n) is 4.80. The molecular weight excluding hydrogens is 348 g/mol. The number of carbonyl (C=O) groups is 1. The molecule has 1 fully saturated rings. The lowest BCUT2D eigenvalue weighted by atomic mass is 10.2. The fraction of sp³-hybridized carbons (Fsp3) is 0.421. The summed E-state index contributed by atoms with van der Waals surface area (Å²) < 4.78 is 9.71. The van der Waals surface area contributed by atoms with Crippen LogP contribution in [0.2, 0.25) is 0 Å². The summed E-state index contributed by atoms with van der Waals surface area (Å²) in [7, 11) is 0. The first-order valence-electron chi connectivity index (χ1n) is 8.91. The first-order chi connectivity index (χ1) is 12.6. The van der Waals surface area contributed by atoms with Gasteiger partial charge in [0.05, 0.1) is 12.0 Å². The number of aromatic nitrogens is 4. The first-order valence-corrected chi connectivity index (χ1v) is 9.90. The van der Waals surface area contributed by atoms with Crippen molar-refractivity contribution in [2.45, 2.75) is 51.4 Å². The molecule has 4 rings (SSSR count). The molecule has 3 heterocycles. The van der Waals surface area contributed by atoms with Gasteiger partial charge in [-0.05, 0) is 51.8 Å². The number of hydrogen-bond acceptors (Lipinski definition) is 5. The van der Waals surface area contributed by atoms with Crippen LogP contribution < -0.4 is 0 Å². The van der Waals surface area contributed by atoms with Gasteiger partial charge in [0.15, 0.2) is 22.5 Å². The third-order valence-corrected chi connectivity index (χ3v) is 5.77. The Kier molecular flexibility index (Phi) is 4.48. The van der Waals surface area contributed by atoms with Crippen LogP contribution in [0.15, 0.2) is 34.0 Å². The van der Waals surface area contributed by atoms with Crippen LogP contribution in [-0.2, 0) is 6.54 Å². The van der Waals surface area contributed by atoms with Gasteiger partial charge in [0, 0.05) is 29.5 Å². The topological polar surface area (TPSA) is 65.8 Å². The highest BCUT2D eigenvalue weighted by atomic mass is 32.2. The summed E-state index contributed by atoms with van der Waals surface area (Å²) in [6.07, 6.45) is 4.05. The van der Waals surface area contributed by atoms with E-state index in [0.717, 1.165) is 23.0 Å². The summed E-state index contributed by atoms with van der Waals surface area (Å²) in [6, 6.07) is 6.30. The summed E-state index contributed by atoms with van der Waals surface area (Å²) in [6.45, 7) is 6.88. The fourth-order valence-electron chi connectivity index (χ4n) is 3.43. The lowest BCUT2D eigenvalue weighted by Gasteiger charge is -2.08. The number of nitrogens with zero attached hydrogens (tertiary/aromatic N) is 4. The zero-order chi connectivity index (χ0) is 18.3. The van der Waals surface area contributed by atoms with Crippen molar-refractivity contribution >= 4 is 17.5 Å². The monoisotopic (exact) mass is 370 g/mol. The van der Waals surface area contributed by atoms with E-state index in [1.54, 1.807) is 6.26 Å². The summed E-state index contributed by atoms with van der Waals surface area (Å²) in [5, 5.41) is 9.22. The maximum absolute atomic E-state index is 12.8. The molecule has 0 unspecified atom stereocenters. The minimum Gasteiger partial charge on any atom is -0.461 e. The zero-order valence-electron chi connectivity index (χ0n) is 15.2. The Morgan fingerprint density at radius 1 is 1.35 bits per heavy atom. The van der Waals surface area contributed by atoms with Crippen molar-refractivity contribution in [3.63, 3.8) is 0 Å². The summed E-state index contributed by atoms with van der Waals surface area (Å²) in [5.74, 6) is 1.87. The molecule has 3 aromatic rings. The largest absolute Gasteiger partial charge is 0.461 e. The Morgan fingerprint density at radius 2 is 2.15 bits per heavy atom. The van der Waals surface area contributed by atoms with E-state index in [9.17, 15) is 4.79 Å². The van der Waals surface area contributed by atoms with Gasteiger partial charge in [-0.1, -0.05) is 11.8 Å². The Labute approximate surface area is 156 Å². The predicted octanol–water partition coefficient (Wildman–Crippen LogP) is 4.29. The van der Waals surface area contributed by atoms with Crippen molar-refractivity contribution in [3.05, 3.63) is 41.4 Å². The summed E-state index contributed by atoms with van der Waals surface area (Å²) in [4.78, 5) is 12.8. The Bertz CT molecular complexity index is 935. The second-order valence-electron chi connectivity index (χ2n) is 6.63. The highest BCUT2D eigenvalue weighted by Crippen LogP contribution is 2.38. The minimum atomic E-state index is 0.139. The van der Waals surface area contributed by atoms with E-state index >= 15 is 0 Å².